The lowest BCUT2D eigenvalue weighted by molar-refractivity contribution is 0.626. The van der Waals surface area contributed by atoms with E-state index < -0.39 is 6.04 Å². The van der Waals surface area contributed by atoms with Crippen LogP contribution in [0.25, 0.3) is 11.0 Å². The summed E-state index contributed by atoms with van der Waals surface area (Å²) in [6.45, 7) is 0. The van der Waals surface area contributed by atoms with Crippen LogP contribution in [0.3, 0.4) is 0 Å². The molecule has 0 saturated carbocycles. The molecule has 0 amide bonds. The van der Waals surface area contributed by atoms with Gasteiger partial charge < -0.3 is 5.73 Å². The van der Waals surface area contributed by atoms with E-state index >= 15 is 0 Å². The first-order valence-electron chi connectivity index (χ1n) is 5.97. The Morgan fingerprint density at radius 3 is 2.37 bits per heavy atom. The number of rotatable bonds is 2. The number of halogens is 1. The molecular weight excluding hydrogens is 241 g/mol. The zero-order valence-corrected chi connectivity index (χ0v) is 10.1. The Kier molecular flexibility index (Phi) is 2.93. The molecule has 3 rings (SSSR count). The number of hydrogen-bond acceptors (Lipinski definition) is 3. The van der Waals surface area contributed by atoms with Gasteiger partial charge in [-0.3, -0.25) is 4.98 Å². The highest BCUT2D eigenvalue weighted by Crippen LogP contribution is 2.19. The van der Waals surface area contributed by atoms with Crippen molar-refractivity contribution in [2.45, 2.75) is 6.04 Å². The van der Waals surface area contributed by atoms with Crippen LogP contribution in [0.15, 0.2) is 54.7 Å². The summed E-state index contributed by atoms with van der Waals surface area (Å²) in [6.07, 6.45) is 1.66. The van der Waals surface area contributed by atoms with Crippen molar-refractivity contribution in [3.63, 3.8) is 0 Å². The third-order valence-electron chi connectivity index (χ3n) is 3.01. The van der Waals surface area contributed by atoms with Gasteiger partial charge in [0.05, 0.1) is 29.0 Å². The molecule has 0 spiro atoms. The Hall–Kier alpha value is -2.33. The maximum Gasteiger partial charge on any atom is 0.123 e. The fourth-order valence-electron chi connectivity index (χ4n) is 1.96. The molecule has 3 nitrogen and oxygen atoms in total. The highest BCUT2D eigenvalue weighted by Gasteiger charge is 2.11. The van der Waals surface area contributed by atoms with Crippen LogP contribution in [-0.4, -0.2) is 9.97 Å². The number of aromatic nitrogens is 2. The van der Waals surface area contributed by atoms with Crippen LogP contribution in [0.4, 0.5) is 4.39 Å². The molecule has 2 aromatic carbocycles. The first-order chi connectivity index (χ1) is 9.24. The standard InChI is InChI=1S/C15H12FN3/c16-11-7-5-10(6-8-11)15(17)14-9-18-12-3-1-2-4-13(12)19-14/h1-9,15H,17H2. The number of fused-ring (bicyclic) bond motifs is 1. The van der Waals surface area contributed by atoms with Crippen molar-refractivity contribution in [2.24, 2.45) is 5.73 Å². The zero-order valence-electron chi connectivity index (χ0n) is 10.1. The number of benzene rings is 2. The minimum Gasteiger partial charge on any atom is -0.319 e. The van der Waals surface area contributed by atoms with Gasteiger partial charge in [0.2, 0.25) is 0 Å². The molecule has 0 fully saturated rings. The fraction of sp³-hybridized carbons (Fsp3) is 0.0667. The van der Waals surface area contributed by atoms with E-state index in [1.54, 1.807) is 18.3 Å². The zero-order chi connectivity index (χ0) is 13.2. The Bertz CT molecular complexity index is 710. The van der Waals surface area contributed by atoms with Gasteiger partial charge in [-0.25, -0.2) is 9.37 Å². The first-order valence-corrected chi connectivity index (χ1v) is 5.97. The van der Waals surface area contributed by atoms with Crippen molar-refractivity contribution in [3.8, 4) is 0 Å². The van der Waals surface area contributed by atoms with Crippen LogP contribution in [0, 0.1) is 5.82 Å². The van der Waals surface area contributed by atoms with E-state index in [4.69, 9.17) is 5.73 Å². The molecule has 1 atom stereocenters. The topological polar surface area (TPSA) is 51.8 Å². The second-order valence-electron chi connectivity index (χ2n) is 4.31. The molecule has 0 aliphatic rings. The van der Waals surface area contributed by atoms with Crippen LogP contribution in [0.2, 0.25) is 0 Å². The SMILES string of the molecule is NC(c1ccc(F)cc1)c1cnc2ccccc2n1. The van der Waals surface area contributed by atoms with Gasteiger partial charge in [0.15, 0.2) is 0 Å². The maximum atomic E-state index is 12.9. The maximum absolute atomic E-state index is 12.9. The summed E-state index contributed by atoms with van der Waals surface area (Å²) in [5.74, 6) is -0.277. The largest absolute Gasteiger partial charge is 0.319 e. The van der Waals surface area contributed by atoms with E-state index in [9.17, 15) is 4.39 Å². The van der Waals surface area contributed by atoms with Crippen molar-refractivity contribution in [2.75, 3.05) is 0 Å². The first kappa shape index (κ1) is 11.7. The summed E-state index contributed by atoms with van der Waals surface area (Å²) < 4.78 is 12.9. The van der Waals surface area contributed by atoms with Gasteiger partial charge in [-0.05, 0) is 29.8 Å². The number of nitrogens with zero attached hydrogens (tertiary/aromatic N) is 2. The molecule has 1 unspecified atom stereocenters. The molecule has 19 heavy (non-hydrogen) atoms. The predicted molar refractivity (Wildman–Crippen MR) is 72.0 cm³/mol. The normalized spacial score (nSPS) is 12.5. The molecule has 1 heterocycles. The van der Waals surface area contributed by atoms with E-state index in [1.165, 1.54) is 12.1 Å². The van der Waals surface area contributed by atoms with E-state index in [-0.39, 0.29) is 5.82 Å². The van der Waals surface area contributed by atoms with Crippen LogP contribution in [0.1, 0.15) is 17.3 Å². The van der Waals surface area contributed by atoms with Crippen molar-refractivity contribution < 1.29 is 4.39 Å². The third-order valence-corrected chi connectivity index (χ3v) is 3.01. The Balaban J connectivity index is 2.01. The minimum absolute atomic E-state index is 0.277. The van der Waals surface area contributed by atoms with Crippen LogP contribution >= 0.6 is 0 Å². The lowest BCUT2D eigenvalue weighted by Gasteiger charge is -2.11. The van der Waals surface area contributed by atoms with Gasteiger partial charge in [-0.15, -0.1) is 0 Å². The highest BCUT2D eigenvalue weighted by atomic mass is 19.1. The van der Waals surface area contributed by atoms with Gasteiger partial charge in [0.25, 0.3) is 0 Å². The number of para-hydroxylation sites is 2. The van der Waals surface area contributed by atoms with Gasteiger partial charge >= 0.3 is 0 Å². The summed E-state index contributed by atoms with van der Waals surface area (Å²) >= 11 is 0. The summed E-state index contributed by atoms with van der Waals surface area (Å²) in [7, 11) is 0. The smallest absolute Gasteiger partial charge is 0.123 e. The van der Waals surface area contributed by atoms with Crippen LogP contribution in [-0.2, 0) is 0 Å². The van der Waals surface area contributed by atoms with Gasteiger partial charge in [0, 0.05) is 0 Å². The predicted octanol–water partition coefficient (Wildman–Crippen LogP) is 2.82. The lowest BCUT2D eigenvalue weighted by atomic mass is 10.0. The summed E-state index contributed by atoms with van der Waals surface area (Å²) in [4.78, 5) is 8.82. The fourth-order valence-corrected chi connectivity index (χ4v) is 1.96. The second-order valence-corrected chi connectivity index (χ2v) is 4.31. The molecule has 0 saturated heterocycles. The Morgan fingerprint density at radius 2 is 1.63 bits per heavy atom. The van der Waals surface area contributed by atoms with Gasteiger partial charge in [-0.2, -0.15) is 0 Å². The average Bonchev–Trinajstić information content (AvgIpc) is 2.47. The highest BCUT2D eigenvalue weighted by molar-refractivity contribution is 5.73. The quantitative estimate of drug-likeness (QED) is 0.764. The average molecular weight is 253 g/mol. The summed E-state index contributed by atoms with van der Waals surface area (Å²) in [5, 5.41) is 0. The van der Waals surface area contributed by atoms with Crippen molar-refractivity contribution in [3.05, 3.63) is 71.8 Å². The van der Waals surface area contributed by atoms with Crippen molar-refractivity contribution in [1.29, 1.82) is 0 Å². The molecule has 4 heteroatoms. The molecule has 94 valence electrons. The number of hydrogen-bond donors (Lipinski definition) is 1. The van der Waals surface area contributed by atoms with Gasteiger partial charge in [-0.1, -0.05) is 24.3 Å². The molecule has 0 aliphatic heterocycles. The van der Waals surface area contributed by atoms with Gasteiger partial charge in [0.1, 0.15) is 5.82 Å². The Labute approximate surface area is 109 Å². The van der Waals surface area contributed by atoms with E-state index in [0.29, 0.717) is 5.69 Å². The minimum atomic E-state index is -0.405. The molecule has 3 aromatic rings. The molecule has 0 bridgehead atoms. The monoisotopic (exact) mass is 253 g/mol. The third kappa shape index (κ3) is 2.30. The second kappa shape index (κ2) is 4.74. The Morgan fingerprint density at radius 1 is 0.947 bits per heavy atom. The van der Waals surface area contributed by atoms with E-state index in [1.807, 2.05) is 24.3 Å². The van der Waals surface area contributed by atoms with Crippen LogP contribution < -0.4 is 5.73 Å². The molecule has 0 radical (unpaired) electrons. The van der Waals surface area contributed by atoms with Crippen molar-refractivity contribution >= 4 is 11.0 Å². The summed E-state index contributed by atoms with van der Waals surface area (Å²) in [5.41, 5.74) is 9.25. The van der Waals surface area contributed by atoms with Crippen molar-refractivity contribution in [1.82, 2.24) is 9.97 Å². The number of nitrogens with two attached hydrogens (primary N) is 1. The van der Waals surface area contributed by atoms with E-state index in [0.717, 1.165) is 16.6 Å². The summed E-state index contributed by atoms with van der Waals surface area (Å²) in [6, 6.07) is 13.3. The van der Waals surface area contributed by atoms with Crippen LogP contribution in [0.5, 0.6) is 0 Å². The lowest BCUT2D eigenvalue weighted by Crippen LogP contribution is -2.14. The van der Waals surface area contributed by atoms with E-state index in [2.05, 4.69) is 9.97 Å². The molecule has 0 aliphatic carbocycles. The molecule has 1 aromatic heterocycles. The molecular formula is C15H12FN3. The molecule has 2 N–H and O–H groups in total.